The number of esters is 1. The van der Waals surface area contributed by atoms with Gasteiger partial charge in [-0.15, -0.1) is 5.10 Å². The van der Waals surface area contributed by atoms with Gasteiger partial charge in [-0.3, -0.25) is 24.0 Å². The van der Waals surface area contributed by atoms with E-state index < -0.39 is 86.3 Å². The predicted octanol–water partition coefficient (Wildman–Crippen LogP) is 1.29. The molecule has 27 heteroatoms. The van der Waals surface area contributed by atoms with Crippen LogP contribution in [0.1, 0.15) is 109 Å². The van der Waals surface area contributed by atoms with Crippen LogP contribution in [0.25, 0.3) is 28.0 Å². The van der Waals surface area contributed by atoms with E-state index in [0.717, 1.165) is 6.26 Å². The number of nitrogens with one attached hydrogen (secondary N) is 4. The minimum absolute atomic E-state index is 0.00794. The molecule has 3 atom stereocenters. The summed E-state index contributed by atoms with van der Waals surface area (Å²) >= 11 is 0. The Balaban J connectivity index is 0.850. The number of fused-ring (bicyclic) bond motifs is 6. The maximum atomic E-state index is 14.0. The number of aliphatic hydroxyl groups is 1. The number of rotatable bonds is 25. The molecule has 0 spiro atoms. The molecule has 3 aliphatic heterocycles. The number of hydrogen-bond donors (Lipinski definition) is 6. The first kappa shape index (κ1) is 58.7. The summed E-state index contributed by atoms with van der Waals surface area (Å²) in [7, 11) is -3.56. The Morgan fingerprint density at radius 3 is 2.34 bits per heavy atom. The standard InChI is InChI=1S/C53H68N12O14S/c1-9-53(72)36-17-39-45-34(25-64(39)48(70)35(36)26-75-49(53)71)33(32-16-40-41(77-28-76-40)18-38(32)59-45)22-55-42(66)23-56-46(68)37(12-10-11-14-54)60-47(69)44(29(2)3)61-43(67)27-79-51(4,5)13-15-78-52(6,7)19-30-24-65(63-62-30)31-20-57-50(58-21-31)80(8,73)74/h16-18,20-21,24,29,37,44,72H,9-15,19,22-23,25-28,54H2,1-8H3,(H,55,66)(H,56,68)(H,60,69)(H,61,67)/t37-,44-,53-/m0/s1. The molecular formula is C53H68N12O14S. The summed E-state index contributed by atoms with van der Waals surface area (Å²) in [4.78, 5) is 94.1. The molecule has 5 aromatic rings. The number of benzene rings is 1. The molecule has 430 valence electrons. The molecule has 0 bridgehead atoms. The van der Waals surface area contributed by atoms with E-state index in [4.69, 9.17) is 34.4 Å². The molecular weight excluding hydrogens is 1060 g/mol. The normalized spacial score (nSPS) is 16.4. The van der Waals surface area contributed by atoms with Crippen LogP contribution in [0.5, 0.6) is 11.5 Å². The van der Waals surface area contributed by atoms with Crippen LogP contribution in [0, 0.1) is 5.92 Å². The van der Waals surface area contributed by atoms with Crippen molar-refractivity contribution in [1.82, 2.24) is 55.8 Å². The quantitative estimate of drug-likeness (QED) is 0.0267. The Bertz CT molecular complexity index is 3380. The lowest BCUT2D eigenvalue weighted by molar-refractivity contribution is -0.172. The number of carbonyl (C=O) groups is 5. The Labute approximate surface area is 461 Å². The molecule has 7 heterocycles. The second-order valence-corrected chi connectivity index (χ2v) is 23.5. The van der Waals surface area contributed by atoms with Gasteiger partial charge in [0.05, 0.1) is 77.7 Å². The number of aromatic nitrogens is 7. The largest absolute Gasteiger partial charge is 0.458 e. The second kappa shape index (κ2) is 23.7. The molecule has 0 fully saturated rings. The minimum atomic E-state index is -3.56. The van der Waals surface area contributed by atoms with Crippen molar-refractivity contribution >= 4 is 50.3 Å². The van der Waals surface area contributed by atoms with E-state index in [1.807, 2.05) is 27.7 Å². The van der Waals surface area contributed by atoms with E-state index in [9.17, 15) is 42.3 Å². The highest BCUT2D eigenvalue weighted by Crippen LogP contribution is 2.43. The fraction of sp³-hybridized carbons (Fsp3) is 0.528. The molecule has 0 aliphatic carbocycles. The summed E-state index contributed by atoms with van der Waals surface area (Å²) in [6.07, 6.45) is 7.34. The number of pyridine rings is 2. The van der Waals surface area contributed by atoms with Gasteiger partial charge in [-0.05, 0) is 90.0 Å². The van der Waals surface area contributed by atoms with E-state index in [1.54, 1.807) is 45.2 Å². The molecule has 80 heavy (non-hydrogen) atoms. The summed E-state index contributed by atoms with van der Waals surface area (Å²) in [6.45, 7) is 11.9. The van der Waals surface area contributed by atoms with Crippen molar-refractivity contribution in [2.45, 2.75) is 141 Å². The number of ether oxygens (including phenoxy) is 5. The Hall–Kier alpha value is -7.46. The molecule has 3 aliphatic rings. The summed E-state index contributed by atoms with van der Waals surface area (Å²) in [6, 6.07) is 2.89. The van der Waals surface area contributed by atoms with Gasteiger partial charge in [0, 0.05) is 41.8 Å². The number of nitrogens with zero attached hydrogens (tertiary/aromatic N) is 7. The van der Waals surface area contributed by atoms with E-state index in [1.165, 1.54) is 21.6 Å². The molecule has 0 radical (unpaired) electrons. The first-order valence-corrected chi connectivity index (χ1v) is 28.2. The number of unbranched alkanes of at least 4 members (excludes halogenated alkanes) is 1. The zero-order valence-electron chi connectivity index (χ0n) is 46.0. The van der Waals surface area contributed by atoms with Crippen molar-refractivity contribution in [3.8, 4) is 28.6 Å². The monoisotopic (exact) mass is 1130 g/mol. The van der Waals surface area contributed by atoms with Crippen LogP contribution >= 0.6 is 0 Å². The third-order valence-corrected chi connectivity index (χ3v) is 15.1. The molecule has 0 saturated heterocycles. The highest BCUT2D eigenvalue weighted by Gasteiger charge is 2.46. The average molecular weight is 1130 g/mol. The maximum Gasteiger partial charge on any atom is 0.343 e. The van der Waals surface area contributed by atoms with Gasteiger partial charge in [0.2, 0.25) is 45.4 Å². The topological polar surface area (TPSA) is 351 Å². The molecule has 7 N–H and O–H groups in total. The fourth-order valence-electron chi connectivity index (χ4n) is 9.59. The van der Waals surface area contributed by atoms with Gasteiger partial charge in [-0.1, -0.05) is 26.0 Å². The Morgan fingerprint density at radius 2 is 1.65 bits per heavy atom. The number of carbonyl (C=O) groups excluding carboxylic acids is 5. The highest BCUT2D eigenvalue weighted by atomic mass is 32.2. The van der Waals surface area contributed by atoms with Gasteiger partial charge in [-0.25, -0.2) is 32.8 Å². The van der Waals surface area contributed by atoms with Crippen LogP contribution in [0.4, 0.5) is 0 Å². The molecule has 26 nitrogen and oxygen atoms in total. The predicted molar refractivity (Wildman–Crippen MR) is 286 cm³/mol. The summed E-state index contributed by atoms with van der Waals surface area (Å²) in [5, 5.41) is 31.1. The molecule has 0 saturated carbocycles. The van der Waals surface area contributed by atoms with E-state index >= 15 is 0 Å². The zero-order chi connectivity index (χ0) is 57.9. The third-order valence-electron chi connectivity index (χ3n) is 14.2. The Kier molecular flexibility index (Phi) is 17.4. The van der Waals surface area contributed by atoms with Gasteiger partial charge in [0.1, 0.15) is 31.0 Å². The Morgan fingerprint density at radius 1 is 0.925 bits per heavy atom. The van der Waals surface area contributed by atoms with Crippen molar-refractivity contribution in [1.29, 1.82) is 0 Å². The molecule has 1 aromatic carbocycles. The molecule has 8 rings (SSSR count). The van der Waals surface area contributed by atoms with Crippen molar-refractivity contribution in [3.63, 3.8) is 0 Å². The lowest BCUT2D eigenvalue weighted by Crippen LogP contribution is -2.56. The number of sulfone groups is 1. The number of cyclic esters (lactones) is 1. The van der Waals surface area contributed by atoms with Crippen LogP contribution in [0.3, 0.4) is 0 Å². The lowest BCUT2D eigenvalue weighted by Gasteiger charge is -2.31. The summed E-state index contributed by atoms with van der Waals surface area (Å²) in [5.41, 5.74) is 5.58. The number of hydrogen-bond acceptors (Lipinski definition) is 20. The average Bonchev–Trinajstić information content (AvgIpc) is 4.29. The third kappa shape index (κ3) is 13.1. The van der Waals surface area contributed by atoms with Gasteiger partial charge < -0.3 is 60.4 Å². The zero-order valence-corrected chi connectivity index (χ0v) is 46.8. The summed E-state index contributed by atoms with van der Waals surface area (Å²) < 4.78 is 55.1. The van der Waals surface area contributed by atoms with Crippen molar-refractivity contribution in [2.75, 3.05) is 39.4 Å². The fourth-order valence-corrected chi connectivity index (χ4v) is 10.1. The first-order valence-electron chi connectivity index (χ1n) is 26.3. The summed E-state index contributed by atoms with van der Waals surface area (Å²) in [5.74, 6) is -2.72. The van der Waals surface area contributed by atoms with Crippen molar-refractivity contribution < 1.29 is 61.2 Å². The van der Waals surface area contributed by atoms with Gasteiger partial charge >= 0.3 is 5.97 Å². The number of amides is 4. The van der Waals surface area contributed by atoms with Crippen LogP contribution in [-0.2, 0) is 79.7 Å². The van der Waals surface area contributed by atoms with Gasteiger partial charge in [0.15, 0.2) is 17.1 Å². The van der Waals surface area contributed by atoms with Crippen molar-refractivity contribution in [3.05, 3.63) is 75.1 Å². The number of nitrogens with two attached hydrogens (primary N) is 1. The minimum Gasteiger partial charge on any atom is -0.458 e. The first-order chi connectivity index (χ1) is 37.8. The van der Waals surface area contributed by atoms with Crippen LogP contribution in [-0.4, -0.2) is 140 Å². The van der Waals surface area contributed by atoms with Crippen molar-refractivity contribution in [2.24, 2.45) is 11.7 Å². The molecule has 4 aromatic heterocycles. The van der Waals surface area contributed by atoms with E-state index in [2.05, 4.69) is 41.5 Å². The van der Waals surface area contributed by atoms with E-state index in [0.29, 0.717) is 88.5 Å². The van der Waals surface area contributed by atoms with Crippen LogP contribution < -0.4 is 42.0 Å². The SMILES string of the molecule is CC[C@@]1(O)C(=O)OCc2c1cc1n(c2=O)Cc2c-1nc1cc3c(cc1c2CNC(=O)CNC(=O)[C@H](CCCCN)NC(=O)[C@@H](NC(=O)COC(C)(C)CCOC(C)(C)Cc1cn(-c2cnc(S(C)(=O)=O)nc2)nn1)C(C)C)OCO3. The van der Waals surface area contributed by atoms with Crippen LogP contribution in [0.15, 0.2) is 46.7 Å². The second-order valence-electron chi connectivity index (χ2n) is 21.6. The lowest BCUT2D eigenvalue weighted by atomic mass is 9.86. The molecule has 0 unspecified atom stereocenters. The van der Waals surface area contributed by atoms with Crippen LogP contribution in [0.2, 0.25) is 0 Å². The van der Waals surface area contributed by atoms with Gasteiger partial charge in [-0.2, -0.15) is 0 Å². The van der Waals surface area contributed by atoms with Gasteiger partial charge in [0.25, 0.3) is 5.56 Å². The molecule has 4 amide bonds. The van der Waals surface area contributed by atoms with E-state index in [-0.39, 0.29) is 68.8 Å². The highest BCUT2D eigenvalue weighted by molar-refractivity contribution is 7.90. The maximum absolute atomic E-state index is 14.0. The smallest absolute Gasteiger partial charge is 0.343 e.